The zero-order valence-electron chi connectivity index (χ0n) is 15.5. The van der Waals surface area contributed by atoms with Crippen LogP contribution < -0.4 is 5.32 Å². The van der Waals surface area contributed by atoms with Gasteiger partial charge in [0, 0.05) is 45.2 Å². The van der Waals surface area contributed by atoms with E-state index in [4.69, 9.17) is 9.73 Å². The van der Waals surface area contributed by atoms with Crippen LogP contribution in [0.25, 0.3) is 0 Å². The van der Waals surface area contributed by atoms with E-state index in [0.29, 0.717) is 0 Å². The summed E-state index contributed by atoms with van der Waals surface area (Å²) in [6.07, 6.45) is 2.13. The summed E-state index contributed by atoms with van der Waals surface area (Å²) < 4.78 is 5.09. The molecular weight excluding hydrogens is 435 g/mol. The van der Waals surface area contributed by atoms with Gasteiger partial charge in [-0.2, -0.15) is 0 Å². The van der Waals surface area contributed by atoms with Crippen molar-refractivity contribution >= 4 is 41.3 Å². The molecule has 1 aromatic heterocycles. The van der Waals surface area contributed by atoms with Gasteiger partial charge < -0.3 is 19.9 Å². The van der Waals surface area contributed by atoms with Crippen LogP contribution in [-0.2, 0) is 11.2 Å². The lowest BCUT2D eigenvalue weighted by atomic mass is 10.3. The molecule has 0 radical (unpaired) electrons. The Morgan fingerprint density at radius 3 is 2.71 bits per heavy atom. The number of guanidine groups is 1. The number of halogens is 1. The van der Waals surface area contributed by atoms with Crippen molar-refractivity contribution < 1.29 is 4.74 Å². The largest absolute Gasteiger partial charge is 0.383 e. The number of methoxy groups -OCH3 is 1. The van der Waals surface area contributed by atoms with Crippen molar-refractivity contribution in [1.29, 1.82) is 0 Å². The van der Waals surface area contributed by atoms with Gasteiger partial charge in [0.1, 0.15) is 0 Å². The predicted octanol–water partition coefficient (Wildman–Crippen LogP) is 2.77. The summed E-state index contributed by atoms with van der Waals surface area (Å²) >= 11 is 1.82. The minimum Gasteiger partial charge on any atom is -0.383 e. The quantitative estimate of drug-likeness (QED) is 0.235. The van der Waals surface area contributed by atoms with Crippen molar-refractivity contribution in [2.75, 3.05) is 60.5 Å². The van der Waals surface area contributed by atoms with Crippen LogP contribution in [0.5, 0.6) is 0 Å². The molecule has 140 valence electrons. The number of rotatable bonds is 11. The van der Waals surface area contributed by atoms with Crippen molar-refractivity contribution in [3.8, 4) is 0 Å². The lowest BCUT2D eigenvalue weighted by molar-refractivity contribution is 0.161. The van der Waals surface area contributed by atoms with Crippen LogP contribution in [0.4, 0.5) is 0 Å². The Morgan fingerprint density at radius 2 is 2.08 bits per heavy atom. The maximum Gasteiger partial charge on any atom is 0.193 e. The second-order valence-electron chi connectivity index (χ2n) is 5.64. The van der Waals surface area contributed by atoms with E-state index in [0.717, 1.165) is 58.1 Å². The first-order chi connectivity index (χ1) is 11.2. The highest BCUT2D eigenvalue weighted by Gasteiger charge is 2.06. The third kappa shape index (κ3) is 10.5. The minimum atomic E-state index is 0. The van der Waals surface area contributed by atoms with Crippen LogP contribution in [-0.4, -0.2) is 76.3 Å². The number of likely N-dealkylation sites (N-methyl/N-ethyl adjacent to an activating group) is 2. The second kappa shape index (κ2) is 14.9. The van der Waals surface area contributed by atoms with E-state index in [1.165, 1.54) is 4.88 Å². The van der Waals surface area contributed by atoms with Crippen molar-refractivity contribution in [3.63, 3.8) is 0 Å². The molecule has 1 heterocycles. The molecule has 0 saturated heterocycles. The van der Waals surface area contributed by atoms with Crippen LogP contribution in [0, 0.1) is 0 Å². The molecule has 0 spiro atoms. The molecule has 0 amide bonds. The Labute approximate surface area is 168 Å². The van der Waals surface area contributed by atoms with E-state index < -0.39 is 0 Å². The van der Waals surface area contributed by atoms with Crippen molar-refractivity contribution in [2.45, 2.75) is 19.8 Å². The van der Waals surface area contributed by atoms with Crippen LogP contribution >= 0.6 is 35.3 Å². The first kappa shape index (κ1) is 23.6. The molecule has 0 aliphatic heterocycles. The van der Waals surface area contributed by atoms with Gasteiger partial charge >= 0.3 is 0 Å². The summed E-state index contributed by atoms with van der Waals surface area (Å²) in [5, 5.41) is 5.51. The minimum absolute atomic E-state index is 0. The second-order valence-corrected chi connectivity index (χ2v) is 6.67. The maximum absolute atomic E-state index is 5.09. The standard InChI is InChI=1S/C17H32N4OS.HI/c1-5-18-17(19-10-7-11-20(2)13-14-22-4)21(3)12-9-16-8-6-15-23-16;/h6,8,15H,5,7,9-14H2,1-4H3,(H,18,19);1H. The molecule has 1 rings (SSSR count). The molecule has 24 heavy (non-hydrogen) atoms. The number of nitrogens with zero attached hydrogens (tertiary/aromatic N) is 3. The first-order valence-corrected chi connectivity index (χ1v) is 9.24. The zero-order chi connectivity index (χ0) is 16.9. The number of hydrogen-bond acceptors (Lipinski definition) is 4. The lowest BCUT2D eigenvalue weighted by Crippen LogP contribution is -2.40. The average Bonchev–Trinajstić information content (AvgIpc) is 3.07. The molecule has 0 aromatic carbocycles. The normalized spacial score (nSPS) is 11.5. The third-order valence-electron chi connectivity index (χ3n) is 3.61. The molecule has 1 aromatic rings. The van der Waals surface area contributed by atoms with E-state index in [1.54, 1.807) is 7.11 Å². The van der Waals surface area contributed by atoms with E-state index in [9.17, 15) is 0 Å². The SMILES string of the molecule is CCNC(=NCCCN(C)CCOC)N(C)CCc1cccs1.I. The number of nitrogens with one attached hydrogen (secondary N) is 1. The molecule has 7 heteroatoms. The van der Waals surface area contributed by atoms with Gasteiger partial charge in [-0.05, 0) is 44.8 Å². The summed E-state index contributed by atoms with van der Waals surface area (Å²) in [5.74, 6) is 1.00. The van der Waals surface area contributed by atoms with Gasteiger partial charge in [0.2, 0.25) is 0 Å². The summed E-state index contributed by atoms with van der Waals surface area (Å²) in [7, 11) is 5.98. The highest BCUT2D eigenvalue weighted by Crippen LogP contribution is 2.09. The van der Waals surface area contributed by atoms with Crippen molar-refractivity contribution in [1.82, 2.24) is 15.1 Å². The molecule has 0 atom stereocenters. The highest BCUT2D eigenvalue weighted by molar-refractivity contribution is 14.0. The van der Waals surface area contributed by atoms with Gasteiger partial charge in [0.25, 0.3) is 0 Å². The Morgan fingerprint density at radius 1 is 1.29 bits per heavy atom. The van der Waals surface area contributed by atoms with Gasteiger partial charge in [0.05, 0.1) is 6.61 Å². The smallest absolute Gasteiger partial charge is 0.193 e. The number of thiophene rings is 1. The Balaban J connectivity index is 0.00000529. The van der Waals surface area contributed by atoms with E-state index in [2.05, 4.69) is 53.6 Å². The summed E-state index contributed by atoms with van der Waals surface area (Å²) in [4.78, 5) is 10.7. The molecule has 1 N–H and O–H groups in total. The molecule has 0 aliphatic carbocycles. The molecule has 0 saturated carbocycles. The summed E-state index contributed by atoms with van der Waals surface area (Å²) in [6.45, 7) is 7.65. The maximum atomic E-state index is 5.09. The van der Waals surface area contributed by atoms with Gasteiger partial charge in [0.15, 0.2) is 5.96 Å². The fourth-order valence-electron chi connectivity index (χ4n) is 2.19. The van der Waals surface area contributed by atoms with Crippen molar-refractivity contribution in [2.24, 2.45) is 4.99 Å². The Bertz CT molecular complexity index is 428. The Hall–Kier alpha value is -0.380. The Kier molecular flexibility index (Phi) is 14.7. The summed E-state index contributed by atoms with van der Waals surface area (Å²) in [5.41, 5.74) is 0. The molecule has 0 bridgehead atoms. The molecular formula is C17H33IN4OS. The molecule has 5 nitrogen and oxygen atoms in total. The van der Waals surface area contributed by atoms with E-state index in [1.807, 2.05) is 11.3 Å². The van der Waals surface area contributed by atoms with Crippen LogP contribution in [0.2, 0.25) is 0 Å². The van der Waals surface area contributed by atoms with Crippen LogP contribution in [0.15, 0.2) is 22.5 Å². The molecule has 0 fully saturated rings. The fourth-order valence-corrected chi connectivity index (χ4v) is 2.89. The van der Waals surface area contributed by atoms with E-state index in [-0.39, 0.29) is 24.0 Å². The summed E-state index contributed by atoms with van der Waals surface area (Å²) in [6, 6.07) is 4.30. The third-order valence-corrected chi connectivity index (χ3v) is 4.54. The van der Waals surface area contributed by atoms with Gasteiger partial charge in [-0.15, -0.1) is 35.3 Å². The first-order valence-electron chi connectivity index (χ1n) is 8.36. The van der Waals surface area contributed by atoms with E-state index >= 15 is 0 Å². The van der Waals surface area contributed by atoms with Crippen LogP contribution in [0.3, 0.4) is 0 Å². The molecule has 0 unspecified atom stereocenters. The van der Waals surface area contributed by atoms with Crippen molar-refractivity contribution in [3.05, 3.63) is 22.4 Å². The highest BCUT2D eigenvalue weighted by atomic mass is 127. The fraction of sp³-hybridized carbons (Fsp3) is 0.706. The average molecular weight is 468 g/mol. The monoisotopic (exact) mass is 468 g/mol. The lowest BCUT2D eigenvalue weighted by Gasteiger charge is -2.22. The molecule has 0 aliphatic rings. The number of aliphatic imine (C=N–C) groups is 1. The van der Waals surface area contributed by atoms with Gasteiger partial charge in [-0.25, -0.2) is 0 Å². The number of hydrogen-bond donors (Lipinski definition) is 1. The number of ether oxygens (including phenoxy) is 1. The van der Waals surface area contributed by atoms with Gasteiger partial charge in [-0.3, -0.25) is 4.99 Å². The van der Waals surface area contributed by atoms with Crippen LogP contribution in [0.1, 0.15) is 18.2 Å². The topological polar surface area (TPSA) is 40.1 Å². The predicted molar refractivity (Wildman–Crippen MR) is 116 cm³/mol. The van der Waals surface area contributed by atoms with Gasteiger partial charge in [-0.1, -0.05) is 6.07 Å². The zero-order valence-corrected chi connectivity index (χ0v) is 18.6.